The molecule has 0 aromatic carbocycles. The summed E-state index contributed by atoms with van der Waals surface area (Å²) in [5.74, 6) is 0.527. The van der Waals surface area contributed by atoms with E-state index in [0.29, 0.717) is 12.0 Å². The van der Waals surface area contributed by atoms with Crippen molar-refractivity contribution in [3.63, 3.8) is 0 Å². The molecular weight excluding hydrogens is 140 g/mol. The van der Waals surface area contributed by atoms with E-state index >= 15 is 0 Å². The average Bonchev–Trinajstić information content (AvgIpc) is 1.93. The van der Waals surface area contributed by atoms with Crippen LogP contribution >= 0.6 is 0 Å². The first-order valence-corrected chi connectivity index (χ1v) is 4.18. The Bertz CT molecular complexity index is 117. The van der Waals surface area contributed by atoms with Crippen molar-refractivity contribution in [1.82, 2.24) is 4.90 Å². The number of ether oxygens (including phenoxy) is 1. The summed E-state index contributed by atoms with van der Waals surface area (Å²) in [6, 6.07) is 0.339. The molecule has 0 aliphatic carbocycles. The summed E-state index contributed by atoms with van der Waals surface area (Å²) in [5.41, 5.74) is 5.92. The molecular formula is C8H18N2O. The topological polar surface area (TPSA) is 38.5 Å². The Morgan fingerprint density at radius 1 is 1.55 bits per heavy atom. The van der Waals surface area contributed by atoms with Gasteiger partial charge in [0, 0.05) is 25.1 Å². The fourth-order valence-corrected chi connectivity index (χ4v) is 1.47. The molecule has 1 aliphatic heterocycles. The van der Waals surface area contributed by atoms with Gasteiger partial charge in [0.1, 0.15) is 0 Å². The van der Waals surface area contributed by atoms with E-state index in [9.17, 15) is 0 Å². The second-order valence-electron chi connectivity index (χ2n) is 3.55. The van der Waals surface area contributed by atoms with Gasteiger partial charge < -0.3 is 15.4 Å². The van der Waals surface area contributed by atoms with Crippen molar-refractivity contribution in [2.24, 2.45) is 11.7 Å². The van der Waals surface area contributed by atoms with E-state index in [2.05, 4.69) is 19.0 Å². The molecule has 0 bridgehead atoms. The van der Waals surface area contributed by atoms with Gasteiger partial charge in [0.2, 0.25) is 0 Å². The van der Waals surface area contributed by atoms with Gasteiger partial charge in [-0.15, -0.1) is 0 Å². The first-order valence-electron chi connectivity index (χ1n) is 4.18. The van der Waals surface area contributed by atoms with Crippen LogP contribution < -0.4 is 5.73 Å². The minimum Gasteiger partial charge on any atom is -0.381 e. The minimum atomic E-state index is 0.339. The van der Waals surface area contributed by atoms with E-state index in [-0.39, 0.29) is 0 Å². The lowest BCUT2D eigenvalue weighted by Crippen LogP contribution is -2.43. The number of nitrogens with zero attached hydrogens (tertiary/aromatic N) is 1. The summed E-state index contributed by atoms with van der Waals surface area (Å²) in [5, 5.41) is 0. The summed E-state index contributed by atoms with van der Waals surface area (Å²) in [4.78, 5) is 2.17. The predicted molar refractivity (Wildman–Crippen MR) is 45.5 cm³/mol. The molecule has 3 heteroatoms. The summed E-state index contributed by atoms with van der Waals surface area (Å²) in [6.07, 6.45) is 1.01. The monoisotopic (exact) mass is 158 g/mol. The van der Waals surface area contributed by atoms with Gasteiger partial charge >= 0.3 is 0 Å². The Balaban J connectivity index is 2.29. The molecule has 11 heavy (non-hydrogen) atoms. The molecule has 1 rings (SSSR count). The van der Waals surface area contributed by atoms with Crippen LogP contribution in [0.4, 0.5) is 0 Å². The second-order valence-corrected chi connectivity index (χ2v) is 3.55. The molecule has 0 amide bonds. The van der Waals surface area contributed by atoms with Gasteiger partial charge in [-0.3, -0.25) is 0 Å². The van der Waals surface area contributed by atoms with E-state index in [1.54, 1.807) is 0 Å². The molecule has 0 saturated carbocycles. The highest BCUT2D eigenvalue weighted by molar-refractivity contribution is 4.77. The Kier molecular flexibility index (Phi) is 3.30. The average molecular weight is 158 g/mol. The van der Waals surface area contributed by atoms with Gasteiger partial charge in [0.15, 0.2) is 0 Å². The van der Waals surface area contributed by atoms with Crippen molar-refractivity contribution in [3.05, 3.63) is 0 Å². The molecule has 1 saturated heterocycles. The maximum absolute atomic E-state index is 5.92. The quantitative estimate of drug-likeness (QED) is 0.610. The number of rotatable bonds is 2. The predicted octanol–water partition coefficient (Wildman–Crippen LogP) is -0.0882. The van der Waals surface area contributed by atoms with Gasteiger partial charge in [-0.05, 0) is 20.5 Å². The SMILES string of the molecule is CN(C)CC1COCCC1N. The zero-order valence-electron chi connectivity index (χ0n) is 7.42. The maximum Gasteiger partial charge on any atom is 0.0521 e. The lowest BCUT2D eigenvalue weighted by atomic mass is 9.96. The first-order chi connectivity index (χ1) is 5.20. The minimum absolute atomic E-state index is 0.339. The largest absolute Gasteiger partial charge is 0.381 e. The van der Waals surface area contributed by atoms with Crippen LogP contribution in [0.5, 0.6) is 0 Å². The number of hydrogen-bond acceptors (Lipinski definition) is 3. The molecule has 0 aromatic heterocycles. The summed E-state index contributed by atoms with van der Waals surface area (Å²) < 4.78 is 5.35. The van der Waals surface area contributed by atoms with Crippen LogP contribution in [-0.4, -0.2) is 44.8 Å². The highest BCUT2D eigenvalue weighted by atomic mass is 16.5. The Morgan fingerprint density at radius 2 is 2.27 bits per heavy atom. The molecule has 0 radical (unpaired) electrons. The smallest absolute Gasteiger partial charge is 0.0521 e. The molecule has 1 fully saturated rings. The van der Waals surface area contributed by atoms with Crippen LogP contribution in [0.2, 0.25) is 0 Å². The second kappa shape index (κ2) is 4.04. The molecule has 66 valence electrons. The van der Waals surface area contributed by atoms with Crippen molar-refractivity contribution < 1.29 is 4.74 Å². The van der Waals surface area contributed by atoms with Crippen molar-refractivity contribution in [2.75, 3.05) is 33.9 Å². The molecule has 2 N–H and O–H groups in total. The van der Waals surface area contributed by atoms with E-state index in [0.717, 1.165) is 26.2 Å². The summed E-state index contributed by atoms with van der Waals surface area (Å²) in [7, 11) is 4.14. The van der Waals surface area contributed by atoms with Crippen LogP contribution in [0.25, 0.3) is 0 Å². The number of hydrogen-bond donors (Lipinski definition) is 1. The fourth-order valence-electron chi connectivity index (χ4n) is 1.47. The Morgan fingerprint density at radius 3 is 2.82 bits per heavy atom. The third-order valence-electron chi connectivity index (χ3n) is 2.13. The third kappa shape index (κ3) is 2.77. The van der Waals surface area contributed by atoms with E-state index < -0.39 is 0 Å². The summed E-state index contributed by atoms with van der Waals surface area (Å²) in [6.45, 7) is 2.71. The van der Waals surface area contributed by atoms with Crippen molar-refractivity contribution in [2.45, 2.75) is 12.5 Å². The lowest BCUT2D eigenvalue weighted by Gasteiger charge is -2.30. The van der Waals surface area contributed by atoms with Gasteiger partial charge in [0.05, 0.1) is 6.61 Å². The van der Waals surface area contributed by atoms with Crippen molar-refractivity contribution in [1.29, 1.82) is 0 Å². The molecule has 1 aliphatic rings. The molecule has 0 spiro atoms. The first kappa shape index (κ1) is 8.97. The van der Waals surface area contributed by atoms with E-state index in [1.165, 1.54) is 0 Å². The van der Waals surface area contributed by atoms with Gasteiger partial charge in [0.25, 0.3) is 0 Å². The van der Waals surface area contributed by atoms with Crippen LogP contribution in [0.1, 0.15) is 6.42 Å². The molecule has 0 aromatic rings. The van der Waals surface area contributed by atoms with Crippen LogP contribution in [0.15, 0.2) is 0 Å². The summed E-state index contributed by atoms with van der Waals surface area (Å²) >= 11 is 0. The van der Waals surface area contributed by atoms with Gasteiger partial charge in [-0.25, -0.2) is 0 Å². The van der Waals surface area contributed by atoms with E-state index in [4.69, 9.17) is 10.5 Å². The molecule has 2 unspecified atom stereocenters. The molecule has 3 nitrogen and oxygen atoms in total. The van der Waals surface area contributed by atoms with Crippen molar-refractivity contribution in [3.8, 4) is 0 Å². The highest BCUT2D eigenvalue weighted by Gasteiger charge is 2.22. The Labute approximate surface area is 68.5 Å². The zero-order chi connectivity index (χ0) is 8.27. The standard InChI is InChI=1S/C8H18N2O/c1-10(2)5-7-6-11-4-3-8(7)9/h7-8H,3-6,9H2,1-2H3. The number of nitrogens with two attached hydrogens (primary N) is 1. The maximum atomic E-state index is 5.92. The van der Waals surface area contributed by atoms with Crippen LogP contribution in [-0.2, 0) is 4.74 Å². The fraction of sp³-hybridized carbons (Fsp3) is 1.00. The zero-order valence-corrected chi connectivity index (χ0v) is 7.42. The normalized spacial score (nSPS) is 32.7. The highest BCUT2D eigenvalue weighted by Crippen LogP contribution is 2.12. The lowest BCUT2D eigenvalue weighted by molar-refractivity contribution is 0.0322. The molecule has 2 atom stereocenters. The van der Waals surface area contributed by atoms with E-state index in [1.807, 2.05) is 0 Å². The molecule has 1 heterocycles. The van der Waals surface area contributed by atoms with Crippen molar-refractivity contribution >= 4 is 0 Å². The van der Waals surface area contributed by atoms with Crippen LogP contribution in [0, 0.1) is 5.92 Å². The van der Waals surface area contributed by atoms with Crippen LogP contribution in [0.3, 0.4) is 0 Å². The third-order valence-corrected chi connectivity index (χ3v) is 2.13. The van der Waals surface area contributed by atoms with Gasteiger partial charge in [-0.1, -0.05) is 0 Å². The Hall–Kier alpha value is -0.120. The van der Waals surface area contributed by atoms with Gasteiger partial charge in [-0.2, -0.15) is 0 Å².